The van der Waals surface area contributed by atoms with E-state index >= 15 is 0 Å². The Morgan fingerprint density at radius 1 is 1.38 bits per heavy atom. The summed E-state index contributed by atoms with van der Waals surface area (Å²) >= 11 is 5.98. The second-order valence-electron chi connectivity index (χ2n) is 4.65. The third-order valence-corrected chi connectivity index (χ3v) is 3.15. The van der Waals surface area contributed by atoms with Crippen LogP contribution in [0.25, 0.3) is 11.6 Å². The summed E-state index contributed by atoms with van der Waals surface area (Å²) in [6, 6.07) is 7.02. The first-order valence-corrected chi connectivity index (χ1v) is 6.48. The molecule has 8 heteroatoms. The van der Waals surface area contributed by atoms with Crippen LogP contribution in [0.3, 0.4) is 0 Å². The summed E-state index contributed by atoms with van der Waals surface area (Å²) in [5.74, 6) is -0.508. The number of rotatable bonds is 2. The molecule has 0 saturated carbocycles. The van der Waals surface area contributed by atoms with Crippen molar-refractivity contribution in [1.29, 1.82) is 0 Å². The molecular formula is C13H12ClN5O2-. The van der Waals surface area contributed by atoms with Gasteiger partial charge >= 0.3 is 0 Å². The molecule has 2 aromatic rings. The molecule has 7 nitrogen and oxygen atoms in total. The lowest BCUT2D eigenvalue weighted by atomic mass is 10.3. The first-order valence-electron chi connectivity index (χ1n) is 6.10. The Labute approximate surface area is 125 Å². The normalized spacial score (nSPS) is 14.8. The Kier molecular flexibility index (Phi) is 3.23. The lowest BCUT2D eigenvalue weighted by Crippen LogP contribution is -2.42. The third kappa shape index (κ3) is 2.30. The molecule has 0 bridgehead atoms. The molecule has 0 unspecified atom stereocenters. The lowest BCUT2D eigenvalue weighted by Gasteiger charge is -2.29. The van der Waals surface area contributed by atoms with Crippen molar-refractivity contribution < 1.29 is 9.84 Å². The molecule has 2 N–H and O–H groups in total. The van der Waals surface area contributed by atoms with E-state index in [9.17, 15) is 5.11 Å². The molecule has 109 valence electrons. The molecule has 0 spiro atoms. The number of hydrogen-bond acceptors (Lipinski definition) is 6. The van der Waals surface area contributed by atoms with Crippen LogP contribution in [0.4, 0.5) is 5.82 Å². The predicted molar refractivity (Wildman–Crippen MR) is 75.2 cm³/mol. The van der Waals surface area contributed by atoms with Crippen LogP contribution in [0.5, 0.6) is 0 Å². The van der Waals surface area contributed by atoms with E-state index in [1.165, 1.54) is 4.68 Å². The topological polar surface area (TPSA) is 91.7 Å². The molecule has 1 aromatic heterocycles. The summed E-state index contributed by atoms with van der Waals surface area (Å²) in [5.41, 5.74) is 6.79. The Morgan fingerprint density at radius 3 is 2.81 bits per heavy atom. The largest absolute Gasteiger partial charge is 0.572 e. The third-order valence-electron chi connectivity index (χ3n) is 2.91. The first-order chi connectivity index (χ1) is 9.97. The molecule has 0 amide bonds. The van der Waals surface area contributed by atoms with E-state index in [1.54, 1.807) is 43.3 Å². The van der Waals surface area contributed by atoms with Gasteiger partial charge in [0, 0.05) is 5.02 Å². The van der Waals surface area contributed by atoms with Gasteiger partial charge in [0.1, 0.15) is 0 Å². The number of fused-ring (bicyclic) bond motifs is 1. The summed E-state index contributed by atoms with van der Waals surface area (Å²) in [5, 5.41) is 16.9. The fraction of sp³-hybridized carbons (Fsp3) is 0.154. The Hall–Kier alpha value is -2.25. The van der Waals surface area contributed by atoms with Crippen LogP contribution in [0.2, 0.25) is 5.02 Å². The molecular weight excluding hydrogens is 294 g/mol. The van der Waals surface area contributed by atoms with Gasteiger partial charge in [-0.05, 0) is 32.3 Å². The van der Waals surface area contributed by atoms with Gasteiger partial charge in [-0.1, -0.05) is 17.7 Å². The van der Waals surface area contributed by atoms with Crippen molar-refractivity contribution in [2.24, 2.45) is 4.99 Å². The van der Waals surface area contributed by atoms with Crippen LogP contribution in [0, 0.1) is 6.35 Å². The summed E-state index contributed by atoms with van der Waals surface area (Å²) in [6.45, 7) is 0. The van der Waals surface area contributed by atoms with Crippen molar-refractivity contribution in [3.63, 3.8) is 0 Å². The van der Waals surface area contributed by atoms with Crippen molar-refractivity contribution in [3.05, 3.63) is 46.3 Å². The smallest absolute Gasteiger partial charge is 0.221 e. The highest BCUT2D eigenvalue weighted by molar-refractivity contribution is 6.30. The maximum absolute atomic E-state index is 12.0. The molecule has 21 heavy (non-hydrogen) atoms. The highest BCUT2D eigenvalue weighted by atomic mass is 35.5. The lowest BCUT2D eigenvalue weighted by molar-refractivity contribution is -0.294. The summed E-state index contributed by atoms with van der Waals surface area (Å²) in [7, 11) is 3.45. The number of hydrogen-bond donors (Lipinski definition) is 1. The zero-order chi connectivity index (χ0) is 15.1. The van der Waals surface area contributed by atoms with E-state index in [1.807, 2.05) is 0 Å². The first kappa shape index (κ1) is 13.7. The van der Waals surface area contributed by atoms with Gasteiger partial charge in [0.15, 0.2) is 11.3 Å². The SMILES string of the molecule is CN(C)[C]1N=c2c(c(N)nn2-c2cccc(Cl)c2)=C([O-])O1. The second kappa shape index (κ2) is 4.94. The maximum Gasteiger partial charge on any atom is 0.221 e. The van der Waals surface area contributed by atoms with Crippen molar-refractivity contribution in [3.8, 4) is 5.69 Å². The Bertz CT molecular complexity index is 814. The number of benzene rings is 1. The quantitative estimate of drug-likeness (QED) is 0.783. The average Bonchev–Trinajstić information content (AvgIpc) is 2.76. The molecule has 1 aliphatic rings. The van der Waals surface area contributed by atoms with Crippen molar-refractivity contribution in [2.45, 2.75) is 0 Å². The molecule has 3 rings (SSSR count). The monoisotopic (exact) mass is 305 g/mol. The van der Waals surface area contributed by atoms with Crippen LogP contribution in [0.1, 0.15) is 0 Å². The van der Waals surface area contributed by atoms with Gasteiger partial charge in [-0.2, -0.15) is 0 Å². The summed E-state index contributed by atoms with van der Waals surface area (Å²) in [6.07, 6.45) is 0.177. The van der Waals surface area contributed by atoms with E-state index in [-0.39, 0.29) is 17.4 Å². The van der Waals surface area contributed by atoms with E-state index in [0.29, 0.717) is 16.2 Å². The summed E-state index contributed by atoms with van der Waals surface area (Å²) < 4.78 is 6.58. The highest BCUT2D eigenvalue weighted by Gasteiger charge is 2.18. The standard InChI is InChI=1S/C13H13ClN5O2/c1-18(2)13-16-11-9(12(20)21-13)10(15)17-19(11)8-5-3-4-7(14)6-8/h3-6,20H,1-2H3,(H2,15,17)/p-1. The number of anilines is 1. The van der Waals surface area contributed by atoms with Gasteiger partial charge in [0.2, 0.25) is 6.35 Å². The fourth-order valence-corrected chi connectivity index (χ4v) is 2.14. The average molecular weight is 306 g/mol. The van der Waals surface area contributed by atoms with E-state index < -0.39 is 5.95 Å². The van der Waals surface area contributed by atoms with E-state index in [4.69, 9.17) is 22.1 Å². The molecule has 1 aliphatic heterocycles. The Balaban J connectivity index is 2.29. The minimum Gasteiger partial charge on any atom is -0.572 e. The molecule has 0 saturated heterocycles. The Morgan fingerprint density at radius 2 is 2.14 bits per heavy atom. The molecule has 0 fully saturated rings. The van der Waals surface area contributed by atoms with Crippen LogP contribution in [-0.2, 0) is 4.74 Å². The van der Waals surface area contributed by atoms with Crippen LogP contribution < -0.4 is 21.5 Å². The number of nitrogens with two attached hydrogens (primary N) is 1. The number of nitrogens with zero attached hydrogens (tertiary/aromatic N) is 4. The number of aromatic nitrogens is 2. The zero-order valence-corrected chi connectivity index (χ0v) is 12.1. The highest BCUT2D eigenvalue weighted by Crippen LogP contribution is 2.15. The van der Waals surface area contributed by atoms with Gasteiger partial charge in [0.25, 0.3) is 0 Å². The molecule has 0 atom stereocenters. The van der Waals surface area contributed by atoms with E-state index in [0.717, 1.165) is 0 Å². The number of halogens is 1. The van der Waals surface area contributed by atoms with Crippen LogP contribution in [0.15, 0.2) is 29.3 Å². The van der Waals surface area contributed by atoms with Crippen molar-refractivity contribution >= 4 is 23.4 Å². The van der Waals surface area contributed by atoms with Crippen molar-refractivity contribution in [1.82, 2.24) is 14.7 Å². The number of ether oxygens (including phenoxy) is 1. The summed E-state index contributed by atoms with van der Waals surface area (Å²) in [4.78, 5) is 5.89. The number of nitrogen functional groups attached to an aromatic ring is 1. The van der Waals surface area contributed by atoms with Crippen molar-refractivity contribution in [2.75, 3.05) is 19.8 Å². The minimum atomic E-state index is -0.575. The van der Waals surface area contributed by atoms with Gasteiger partial charge < -0.3 is 15.6 Å². The zero-order valence-electron chi connectivity index (χ0n) is 11.4. The minimum absolute atomic E-state index is 0.0662. The van der Waals surface area contributed by atoms with E-state index in [2.05, 4.69) is 10.1 Å². The van der Waals surface area contributed by atoms with Gasteiger partial charge in [0.05, 0.1) is 16.9 Å². The fourth-order valence-electron chi connectivity index (χ4n) is 1.95. The molecule has 1 aromatic carbocycles. The predicted octanol–water partition coefficient (Wildman–Crippen LogP) is -0.808. The van der Waals surface area contributed by atoms with Crippen LogP contribution >= 0.6 is 11.6 Å². The second-order valence-corrected chi connectivity index (χ2v) is 5.09. The maximum atomic E-state index is 12.0. The molecule has 2 heterocycles. The molecule has 1 radical (unpaired) electrons. The van der Waals surface area contributed by atoms with Gasteiger partial charge in [-0.15, -0.1) is 5.10 Å². The van der Waals surface area contributed by atoms with Crippen LogP contribution in [-0.4, -0.2) is 28.8 Å². The van der Waals surface area contributed by atoms with Gasteiger partial charge in [-0.3, -0.25) is 4.90 Å². The molecule has 0 aliphatic carbocycles. The van der Waals surface area contributed by atoms with Gasteiger partial charge in [-0.25, -0.2) is 9.67 Å².